The number of amides is 3. The number of carbonyl (C=O) groups excluding carboxylic acids is 3. The molecular formula is C22H21N5O3S. The second kappa shape index (κ2) is 8.35. The summed E-state index contributed by atoms with van der Waals surface area (Å²) in [7, 11) is 0. The van der Waals surface area contributed by atoms with Crippen LogP contribution in [0.4, 0.5) is 4.79 Å². The van der Waals surface area contributed by atoms with Crippen molar-refractivity contribution < 1.29 is 14.4 Å². The average Bonchev–Trinajstić information content (AvgIpc) is 3.26. The van der Waals surface area contributed by atoms with Gasteiger partial charge < -0.3 is 5.32 Å². The normalized spacial score (nSPS) is 15.3. The van der Waals surface area contributed by atoms with Crippen LogP contribution in [0.25, 0.3) is 11.7 Å². The summed E-state index contributed by atoms with van der Waals surface area (Å²) in [5.74, 6) is -0.705. The van der Waals surface area contributed by atoms with E-state index in [0.29, 0.717) is 16.1 Å². The molecule has 3 aromatic rings. The average molecular weight is 436 g/mol. The lowest BCUT2D eigenvalue weighted by atomic mass is 10.1. The molecule has 2 aromatic heterocycles. The SMILES string of the molecule is Cc1ccc(/C=C2\SC(=O)N(CCNC(=O)c3cnn4c(C)cc(C)nc34)C2=O)cc1. The fraction of sp³-hybridized carbons (Fsp3) is 0.227. The highest BCUT2D eigenvalue weighted by molar-refractivity contribution is 8.18. The highest BCUT2D eigenvalue weighted by Gasteiger charge is 2.34. The molecule has 3 amide bonds. The highest BCUT2D eigenvalue weighted by Crippen LogP contribution is 2.31. The fourth-order valence-corrected chi connectivity index (χ4v) is 4.18. The van der Waals surface area contributed by atoms with Crippen molar-refractivity contribution in [3.63, 3.8) is 0 Å². The van der Waals surface area contributed by atoms with Crippen molar-refractivity contribution in [3.05, 3.63) is 69.5 Å². The van der Waals surface area contributed by atoms with Gasteiger partial charge in [-0.2, -0.15) is 5.10 Å². The number of rotatable bonds is 5. The quantitative estimate of drug-likeness (QED) is 0.619. The maximum Gasteiger partial charge on any atom is 0.293 e. The molecule has 1 saturated heterocycles. The summed E-state index contributed by atoms with van der Waals surface area (Å²) in [5, 5.41) is 6.61. The Morgan fingerprint density at radius 3 is 2.65 bits per heavy atom. The molecule has 0 unspecified atom stereocenters. The third-order valence-corrected chi connectivity index (χ3v) is 5.80. The first-order valence-electron chi connectivity index (χ1n) is 9.75. The molecule has 0 spiro atoms. The topological polar surface area (TPSA) is 96.7 Å². The lowest BCUT2D eigenvalue weighted by molar-refractivity contribution is -0.122. The smallest absolute Gasteiger partial charge is 0.293 e. The van der Waals surface area contributed by atoms with Gasteiger partial charge in [-0.15, -0.1) is 0 Å². The Balaban J connectivity index is 1.40. The van der Waals surface area contributed by atoms with Crippen molar-refractivity contribution >= 4 is 40.5 Å². The van der Waals surface area contributed by atoms with E-state index >= 15 is 0 Å². The Labute approximate surface area is 183 Å². The third-order valence-electron chi connectivity index (χ3n) is 4.89. The summed E-state index contributed by atoms with van der Waals surface area (Å²) in [6.07, 6.45) is 3.17. The Kier molecular flexibility index (Phi) is 5.60. The van der Waals surface area contributed by atoms with Gasteiger partial charge >= 0.3 is 0 Å². The second-order valence-electron chi connectivity index (χ2n) is 7.33. The summed E-state index contributed by atoms with van der Waals surface area (Å²) in [6, 6.07) is 9.58. The number of nitrogens with one attached hydrogen (secondary N) is 1. The zero-order valence-electron chi connectivity index (χ0n) is 17.4. The van der Waals surface area contributed by atoms with Gasteiger partial charge in [0.1, 0.15) is 5.56 Å². The van der Waals surface area contributed by atoms with Gasteiger partial charge in [-0.25, -0.2) is 9.50 Å². The number of benzene rings is 1. The molecule has 0 radical (unpaired) electrons. The van der Waals surface area contributed by atoms with Crippen LogP contribution in [0.3, 0.4) is 0 Å². The minimum Gasteiger partial charge on any atom is -0.350 e. The molecule has 8 nitrogen and oxygen atoms in total. The minimum absolute atomic E-state index is 0.0896. The molecule has 0 aliphatic carbocycles. The van der Waals surface area contributed by atoms with Crippen LogP contribution in [0.2, 0.25) is 0 Å². The summed E-state index contributed by atoms with van der Waals surface area (Å²) < 4.78 is 1.61. The van der Waals surface area contributed by atoms with Crippen LogP contribution >= 0.6 is 11.8 Å². The standard InChI is InChI=1S/C22H21N5O3S/c1-13-4-6-16(7-5-13)11-18-21(29)26(22(30)31-18)9-8-23-20(28)17-12-24-27-15(3)10-14(2)25-19(17)27/h4-7,10-12H,8-9H2,1-3H3,(H,23,28)/b18-11-. The Bertz CT molecular complexity index is 1230. The van der Waals surface area contributed by atoms with E-state index < -0.39 is 0 Å². The van der Waals surface area contributed by atoms with Gasteiger partial charge in [0.15, 0.2) is 5.65 Å². The molecule has 4 rings (SSSR count). The van der Waals surface area contributed by atoms with Crippen LogP contribution < -0.4 is 5.32 Å². The molecule has 158 valence electrons. The minimum atomic E-state index is -0.353. The molecule has 1 aromatic carbocycles. The van der Waals surface area contributed by atoms with Crippen molar-refractivity contribution in [1.29, 1.82) is 0 Å². The number of hydrogen-bond donors (Lipinski definition) is 1. The van der Waals surface area contributed by atoms with E-state index in [1.54, 1.807) is 10.6 Å². The van der Waals surface area contributed by atoms with Crippen molar-refractivity contribution in [2.24, 2.45) is 0 Å². The van der Waals surface area contributed by atoms with Gasteiger partial charge in [-0.1, -0.05) is 29.8 Å². The fourth-order valence-electron chi connectivity index (χ4n) is 3.31. The molecule has 3 heterocycles. The van der Waals surface area contributed by atoms with Gasteiger partial charge in [-0.05, 0) is 50.2 Å². The Morgan fingerprint density at radius 2 is 1.90 bits per heavy atom. The van der Waals surface area contributed by atoms with Crippen molar-refractivity contribution in [3.8, 4) is 0 Å². The third kappa shape index (κ3) is 4.22. The van der Waals surface area contributed by atoms with Crippen LogP contribution in [0.5, 0.6) is 0 Å². The lowest BCUT2D eigenvalue weighted by Gasteiger charge is -2.12. The van der Waals surface area contributed by atoms with Gasteiger partial charge in [0, 0.05) is 24.5 Å². The van der Waals surface area contributed by atoms with E-state index in [2.05, 4.69) is 15.4 Å². The van der Waals surface area contributed by atoms with Crippen LogP contribution in [0.1, 0.15) is 32.9 Å². The van der Waals surface area contributed by atoms with Crippen LogP contribution in [-0.4, -0.2) is 49.6 Å². The first-order valence-corrected chi connectivity index (χ1v) is 10.6. The molecule has 9 heteroatoms. The van der Waals surface area contributed by atoms with E-state index in [9.17, 15) is 14.4 Å². The number of nitrogens with zero attached hydrogens (tertiary/aromatic N) is 4. The largest absolute Gasteiger partial charge is 0.350 e. The van der Waals surface area contributed by atoms with Crippen LogP contribution in [-0.2, 0) is 4.79 Å². The maximum atomic E-state index is 12.6. The van der Waals surface area contributed by atoms with Crippen molar-refractivity contribution in [1.82, 2.24) is 24.8 Å². The molecule has 1 N–H and O–H groups in total. The van der Waals surface area contributed by atoms with Crippen LogP contribution in [0, 0.1) is 20.8 Å². The molecule has 0 bridgehead atoms. The zero-order chi connectivity index (χ0) is 22.1. The second-order valence-corrected chi connectivity index (χ2v) is 8.33. The number of carbonyl (C=O) groups is 3. The summed E-state index contributed by atoms with van der Waals surface area (Å²) in [6.45, 7) is 5.95. The van der Waals surface area contributed by atoms with Gasteiger partial charge in [-0.3, -0.25) is 19.3 Å². The Morgan fingerprint density at radius 1 is 1.16 bits per heavy atom. The molecular weight excluding hydrogens is 414 g/mol. The number of imide groups is 1. The summed E-state index contributed by atoms with van der Waals surface area (Å²) in [5.41, 5.74) is 4.46. The number of aryl methyl sites for hydroxylation is 3. The van der Waals surface area contributed by atoms with Gasteiger partial charge in [0.05, 0.1) is 11.1 Å². The van der Waals surface area contributed by atoms with Gasteiger partial charge in [0.25, 0.3) is 17.1 Å². The number of fused-ring (bicyclic) bond motifs is 1. The van der Waals surface area contributed by atoms with E-state index in [-0.39, 0.29) is 30.1 Å². The Hall–Kier alpha value is -3.46. The van der Waals surface area contributed by atoms with E-state index in [4.69, 9.17) is 0 Å². The molecule has 1 fully saturated rings. The number of thioether (sulfide) groups is 1. The summed E-state index contributed by atoms with van der Waals surface area (Å²) in [4.78, 5) is 43.4. The summed E-state index contributed by atoms with van der Waals surface area (Å²) >= 11 is 0.905. The lowest BCUT2D eigenvalue weighted by Crippen LogP contribution is -2.37. The van der Waals surface area contributed by atoms with E-state index in [1.165, 1.54) is 6.20 Å². The first kappa shape index (κ1) is 20.8. The molecule has 1 aliphatic rings. The predicted molar refractivity (Wildman–Crippen MR) is 119 cm³/mol. The number of aromatic nitrogens is 3. The zero-order valence-corrected chi connectivity index (χ0v) is 18.2. The monoisotopic (exact) mass is 435 g/mol. The molecule has 31 heavy (non-hydrogen) atoms. The highest BCUT2D eigenvalue weighted by atomic mass is 32.2. The van der Waals surface area contributed by atoms with Gasteiger partial charge in [0.2, 0.25) is 0 Å². The molecule has 0 saturated carbocycles. The van der Waals surface area contributed by atoms with E-state index in [1.807, 2.05) is 51.1 Å². The molecule has 1 aliphatic heterocycles. The number of hydrogen-bond acceptors (Lipinski definition) is 6. The van der Waals surface area contributed by atoms with Crippen molar-refractivity contribution in [2.75, 3.05) is 13.1 Å². The van der Waals surface area contributed by atoms with Crippen LogP contribution in [0.15, 0.2) is 41.4 Å². The molecule has 0 atom stereocenters. The van der Waals surface area contributed by atoms with E-state index in [0.717, 1.165) is 39.2 Å². The first-order chi connectivity index (χ1) is 14.8. The van der Waals surface area contributed by atoms with Crippen molar-refractivity contribution in [2.45, 2.75) is 20.8 Å². The predicted octanol–water partition coefficient (Wildman–Crippen LogP) is 3.12. The maximum absolute atomic E-state index is 12.6.